The topological polar surface area (TPSA) is 87.9 Å². The monoisotopic (exact) mass is 553 g/mol. The van der Waals surface area contributed by atoms with Crippen LogP contribution in [0.2, 0.25) is 5.15 Å². The summed E-state index contributed by atoms with van der Waals surface area (Å²) in [6.07, 6.45) is 10.1. The molecule has 9 heteroatoms. The molecule has 3 saturated carbocycles. The van der Waals surface area contributed by atoms with Gasteiger partial charge in [0.1, 0.15) is 17.9 Å². The van der Waals surface area contributed by atoms with Crippen LogP contribution in [0.25, 0.3) is 11.8 Å². The normalized spacial score (nSPS) is 46.2. The highest BCUT2D eigenvalue weighted by Gasteiger charge is 2.79. The summed E-state index contributed by atoms with van der Waals surface area (Å²) in [4.78, 5) is 4.26. The molecule has 8 nitrogen and oxygen atoms in total. The smallest absolute Gasteiger partial charge is 0.227 e. The summed E-state index contributed by atoms with van der Waals surface area (Å²) in [6.45, 7) is 7.79. The average molecular weight is 554 g/mol. The highest BCUT2D eigenvalue weighted by Crippen LogP contribution is 2.73. The Morgan fingerprint density at radius 3 is 2.82 bits per heavy atom. The number of ether oxygens (including phenoxy) is 4. The fourth-order valence-corrected chi connectivity index (χ4v) is 10.6. The molecule has 1 unspecified atom stereocenters. The SMILES string of the molecule is C[C@@H]1C[C@H]2[C@@H]3CCC4=Cc5c(cnn5-c5cccnc5Cl)C[C@]4(C)[C@H]3[C@@H](O)C[C@]2(C)[C@]12OCOC21COCO1. The minimum atomic E-state index is -0.895. The summed E-state index contributed by atoms with van der Waals surface area (Å²) >= 11 is 6.44. The van der Waals surface area contributed by atoms with E-state index in [1.54, 1.807) is 6.20 Å². The zero-order valence-corrected chi connectivity index (χ0v) is 23.5. The van der Waals surface area contributed by atoms with Crippen molar-refractivity contribution < 1.29 is 24.1 Å². The molecule has 8 rings (SSSR count). The molecule has 208 valence electrons. The molecule has 2 aromatic rings. The first-order chi connectivity index (χ1) is 18.7. The first-order valence-corrected chi connectivity index (χ1v) is 14.7. The maximum Gasteiger partial charge on any atom is 0.227 e. The van der Waals surface area contributed by atoms with Crippen molar-refractivity contribution in [1.29, 1.82) is 0 Å². The number of aliphatic hydroxyl groups is 1. The van der Waals surface area contributed by atoms with E-state index in [9.17, 15) is 5.11 Å². The van der Waals surface area contributed by atoms with E-state index in [1.807, 2.05) is 23.0 Å². The lowest BCUT2D eigenvalue weighted by molar-refractivity contribution is -0.266. The van der Waals surface area contributed by atoms with Crippen molar-refractivity contribution in [2.45, 2.75) is 70.4 Å². The molecule has 0 aromatic carbocycles. The minimum Gasteiger partial charge on any atom is -0.393 e. The zero-order chi connectivity index (χ0) is 26.8. The van der Waals surface area contributed by atoms with E-state index in [2.05, 4.69) is 31.8 Å². The maximum atomic E-state index is 12.1. The van der Waals surface area contributed by atoms with Gasteiger partial charge in [-0.15, -0.1) is 0 Å². The van der Waals surface area contributed by atoms with Gasteiger partial charge < -0.3 is 24.1 Å². The second kappa shape index (κ2) is 8.14. The first kappa shape index (κ1) is 24.9. The molecule has 39 heavy (non-hydrogen) atoms. The number of pyridine rings is 1. The van der Waals surface area contributed by atoms with Crippen molar-refractivity contribution in [1.82, 2.24) is 14.8 Å². The van der Waals surface area contributed by atoms with Gasteiger partial charge in [0.2, 0.25) is 5.79 Å². The Hall–Kier alpha value is -1.81. The van der Waals surface area contributed by atoms with Gasteiger partial charge in [0.15, 0.2) is 18.7 Å². The Morgan fingerprint density at radius 2 is 2.03 bits per heavy atom. The summed E-state index contributed by atoms with van der Waals surface area (Å²) in [5, 5.41) is 17.3. The van der Waals surface area contributed by atoms with Crippen LogP contribution in [0, 0.1) is 34.5 Å². The van der Waals surface area contributed by atoms with E-state index in [0.29, 0.717) is 30.0 Å². The lowest BCUT2D eigenvalue weighted by Crippen LogP contribution is -2.67. The van der Waals surface area contributed by atoms with Crippen molar-refractivity contribution in [3.05, 3.63) is 46.5 Å². The fourth-order valence-electron chi connectivity index (χ4n) is 10.4. The molecule has 2 saturated heterocycles. The number of hydrogen-bond donors (Lipinski definition) is 1. The molecule has 0 radical (unpaired) electrons. The average Bonchev–Trinajstić information content (AvgIpc) is 3.67. The maximum absolute atomic E-state index is 12.1. The van der Waals surface area contributed by atoms with Gasteiger partial charge in [-0.1, -0.05) is 37.9 Å². The number of nitrogens with zero attached hydrogens (tertiary/aromatic N) is 3. The number of rotatable bonds is 1. The molecule has 0 amide bonds. The minimum absolute atomic E-state index is 0.139. The van der Waals surface area contributed by atoms with Gasteiger partial charge in [-0.2, -0.15) is 5.10 Å². The molecule has 5 fully saturated rings. The van der Waals surface area contributed by atoms with Crippen LogP contribution in [0.5, 0.6) is 0 Å². The molecule has 4 heterocycles. The van der Waals surface area contributed by atoms with Crippen LogP contribution in [0.15, 0.2) is 30.1 Å². The second-order valence-corrected chi connectivity index (χ2v) is 13.6. The van der Waals surface area contributed by atoms with Crippen LogP contribution in [0.3, 0.4) is 0 Å². The molecule has 1 N–H and O–H groups in total. The van der Waals surface area contributed by atoms with Crippen LogP contribution in [0.4, 0.5) is 0 Å². The van der Waals surface area contributed by atoms with E-state index >= 15 is 0 Å². The number of aromatic nitrogens is 3. The number of hydrogen-bond acceptors (Lipinski definition) is 7. The van der Waals surface area contributed by atoms with E-state index in [0.717, 1.165) is 37.1 Å². The first-order valence-electron chi connectivity index (χ1n) is 14.3. The van der Waals surface area contributed by atoms with Crippen LogP contribution >= 0.6 is 11.6 Å². The zero-order valence-electron chi connectivity index (χ0n) is 22.7. The summed E-state index contributed by atoms with van der Waals surface area (Å²) in [5.74, 6) is 0.285. The molecule has 2 aromatic heterocycles. The molecular weight excluding hydrogens is 518 g/mol. The van der Waals surface area contributed by atoms with Crippen molar-refractivity contribution in [2.75, 3.05) is 20.2 Å². The molecule has 0 bridgehead atoms. The quantitative estimate of drug-likeness (QED) is 0.509. The molecule has 2 spiro atoms. The summed E-state index contributed by atoms with van der Waals surface area (Å²) < 4.78 is 26.7. The van der Waals surface area contributed by atoms with Crippen LogP contribution in [-0.2, 0) is 25.4 Å². The highest BCUT2D eigenvalue weighted by atomic mass is 35.5. The van der Waals surface area contributed by atoms with Crippen LogP contribution < -0.4 is 0 Å². The Labute approximate surface area is 233 Å². The van der Waals surface area contributed by atoms with E-state index in [4.69, 9.17) is 35.6 Å². The lowest BCUT2D eigenvalue weighted by atomic mass is 9.45. The Bertz CT molecular complexity index is 1370. The summed E-state index contributed by atoms with van der Waals surface area (Å²) in [7, 11) is 0. The summed E-state index contributed by atoms with van der Waals surface area (Å²) in [6, 6.07) is 3.84. The molecule has 6 aliphatic rings. The lowest BCUT2D eigenvalue weighted by Gasteiger charge is -2.61. The third-order valence-electron chi connectivity index (χ3n) is 11.7. The van der Waals surface area contributed by atoms with Crippen molar-refractivity contribution in [3.63, 3.8) is 0 Å². The van der Waals surface area contributed by atoms with Crippen LogP contribution in [0.1, 0.15) is 57.7 Å². The van der Waals surface area contributed by atoms with Crippen molar-refractivity contribution in [3.8, 4) is 5.69 Å². The van der Waals surface area contributed by atoms with E-state index in [-0.39, 0.29) is 36.3 Å². The Kier molecular flexibility index (Phi) is 5.21. The predicted molar refractivity (Wildman–Crippen MR) is 143 cm³/mol. The van der Waals surface area contributed by atoms with Gasteiger partial charge in [-0.3, -0.25) is 0 Å². The molecule has 2 aliphatic heterocycles. The fraction of sp³-hybridized carbons (Fsp3) is 0.667. The highest BCUT2D eigenvalue weighted by molar-refractivity contribution is 6.31. The Morgan fingerprint density at radius 1 is 1.18 bits per heavy atom. The third-order valence-corrected chi connectivity index (χ3v) is 12.0. The second-order valence-electron chi connectivity index (χ2n) is 13.2. The summed E-state index contributed by atoms with van der Waals surface area (Å²) in [5.41, 5.74) is 3.42. The standard InChI is InChI=1S/C30H36ClN3O5/c1-17-9-21-20-7-6-19-10-23-18(13-33-34(23)22-5-4-8-32-26(22)31)11-27(19,2)25(20)24(35)12-28(21,3)30(17)29(38-16-39-30)14-36-15-37-29/h4-5,8,10,13,17,20-21,24-25,35H,6-7,9,11-12,14-16H2,1-3H3/t17-,20+,21+,24+,25-,27+,28+,29?,30-/m1/s1. The van der Waals surface area contributed by atoms with Crippen molar-refractivity contribution >= 4 is 17.7 Å². The van der Waals surface area contributed by atoms with Crippen molar-refractivity contribution in [2.24, 2.45) is 34.5 Å². The number of aliphatic hydroxyl groups excluding tert-OH is 1. The van der Waals surface area contributed by atoms with Gasteiger partial charge in [0, 0.05) is 11.6 Å². The van der Waals surface area contributed by atoms with Crippen LogP contribution in [-0.4, -0.2) is 57.6 Å². The third kappa shape index (κ3) is 2.93. The molecule has 4 aliphatic carbocycles. The number of allylic oxidation sites excluding steroid dienone is 1. The number of halogens is 1. The number of fused-ring (bicyclic) bond motifs is 8. The van der Waals surface area contributed by atoms with E-state index < -0.39 is 17.5 Å². The van der Waals surface area contributed by atoms with Gasteiger partial charge in [-0.05, 0) is 85.0 Å². The van der Waals surface area contributed by atoms with E-state index in [1.165, 1.54) is 11.1 Å². The predicted octanol–water partition coefficient (Wildman–Crippen LogP) is 4.76. The largest absolute Gasteiger partial charge is 0.393 e. The Balaban J connectivity index is 1.18. The van der Waals surface area contributed by atoms with Gasteiger partial charge in [0.05, 0.1) is 18.0 Å². The van der Waals surface area contributed by atoms with Gasteiger partial charge in [-0.25, -0.2) is 9.67 Å². The van der Waals surface area contributed by atoms with Gasteiger partial charge in [0.25, 0.3) is 0 Å². The molecule has 9 atom stereocenters. The molecular formula is C30H36ClN3O5. The van der Waals surface area contributed by atoms with Gasteiger partial charge >= 0.3 is 0 Å².